The first-order valence-corrected chi connectivity index (χ1v) is 6.20. The van der Waals surface area contributed by atoms with Crippen LogP contribution in [0.1, 0.15) is 10.6 Å². The topological polar surface area (TPSA) is 42.7 Å². The van der Waals surface area contributed by atoms with Gasteiger partial charge in [-0.2, -0.15) is 0 Å². The van der Waals surface area contributed by atoms with E-state index in [1.165, 1.54) is 4.88 Å². The Labute approximate surface area is 99.3 Å². The highest BCUT2D eigenvalue weighted by molar-refractivity contribution is 7.09. The average Bonchev–Trinajstić information content (AvgIpc) is 2.89. The molecule has 0 saturated carbocycles. The van der Waals surface area contributed by atoms with Crippen molar-refractivity contribution in [3.05, 3.63) is 34.3 Å². The maximum Gasteiger partial charge on any atom is 0.0842 e. The van der Waals surface area contributed by atoms with Gasteiger partial charge in [-0.3, -0.25) is 4.68 Å². The minimum Gasteiger partial charge on any atom is -0.316 e. The zero-order chi connectivity index (χ0) is 11.4. The highest BCUT2D eigenvalue weighted by Crippen LogP contribution is 2.12. The molecule has 0 bridgehead atoms. The first-order chi connectivity index (χ1) is 7.78. The van der Waals surface area contributed by atoms with Crippen molar-refractivity contribution in [1.29, 1.82) is 0 Å². The summed E-state index contributed by atoms with van der Waals surface area (Å²) in [6, 6.07) is 4.69. The zero-order valence-corrected chi connectivity index (χ0v) is 10.4. The third-order valence-corrected chi connectivity index (χ3v) is 3.44. The van der Waals surface area contributed by atoms with E-state index < -0.39 is 0 Å². The number of nitrogens with zero attached hydrogens (tertiary/aromatic N) is 3. The lowest BCUT2D eigenvalue weighted by atomic mass is 10.1. The van der Waals surface area contributed by atoms with Crippen molar-refractivity contribution in [3.8, 4) is 0 Å². The van der Waals surface area contributed by atoms with E-state index in [2.05, 4.69) is 33.1 Å². The second-order valence-electron chi connectivity index (χ2n) is 3.86. The third kappa shape index (κ3) is 2.90. The van der Waals surface area contributed by atoms with Gasteiger partial charge < -0.3 is 5.32 Å². The molecule has 0 aliphatic rings. The second-order valence-corrected chi connectivity index (χ2v) is 4.89. The van der Waals surface area contributed by atoms with Gasteiger partial charge in [-0.25, -0.2) is 0 Å². The maximum atomic E-state index is 4.11. The molecular weight excluding hydrogens is 220 g/mol. The molecule has 0 aromatic carbocycles. The van der Waals surface area contributed by atoms with E-state index in [0.717, 1.165) is 18.5 Å². The lowest BCUT2D eigenvalue weighted by molar-refractivity contribution is 0.553. The number of rotatable bonds is 5. The van der Waals surface area contributed by atoms with E-state index in [1.807, 2.05) is 20.3 Å². The van der Waals surface area contributed by atoms with Crippen molar-refractivity contribution >= 4 is 11.3 Å². The summed E-state index contributed by atoms with van der Waals surface area (Å²) in [5.41, 5.74) is 1.04. The summed E-state index contributed by atoms with van der Waals surface area (Å²) in [6.07, 6.45) is 3.94. The van der Waals surface area contributed by atoms with Gasteiger partial charge in [0, 0.05) is 30.6 Å². The molecule has 0 aliphatic heterocycles. The molecule has 0 fully saturated rings. The molecule has 2 aromatic heterocycles. The van der Waals surface area contributed by atoms with Crippen LogP contribution in [0.15, 0.2) is 23.7 Å². The summed E-state index contributed by atoms with van der Waals surface area (Å²) in [6.45, 7) is 0. The molecule has 0 spiro atoms. The smallest absolute Gasteiger partial charge is 0.0842 e. The van der Waals surface area contributed by atoms with Crippen LogP contribution in [0.3, 0.4) is 0 Å². The minimum atomic E-state index is 0.426. The fraction of sp³-hybridized carbons (Fsp3) is 0.455. The van der Waals surface area contributed by atoms with E-state index in [1.54, 1.807) is 16.0 Å². The fourth-order valence-corrected chi connectivity index (χ4v) is 2.48. The highest BCUT2D eigenvalue weighted by Gasteiger charge is 2.11. The molecule has 2 rings (SSSR count). The monoisotopic (exact) mass is 236 g/mol. The lowest BCUT2D eigenvalue weighted by Crippen LogP contribution is -2.29. The van der Waals surface area contributed by atoms with Gasteiger partial charge in [-0.15, -0.1) is 16.4 Å². The van der Waals surface area contributed by atoms with Gasteiger partial charge in [-0.1, -0.05) is 11.3 Å². The van der Waals surface area contributed by atoms with E-state index in [9.17, 15) is 0 Å². The molecule has 0 saturated heterocycles. The molecule has 16 heavy (non-hydrogen) atoms. The summed E-state index contributed by atoms with van der Waals surface area (Å²) in [7, 11) is 3.89. The van der Waals surface area contributed by atoms with Crippen molar-refractivity contribution in [2.24, 2.45) is 7.05 Å². The van der Waals surface area contributed by atoms with E-state index >= 15 is 0 Å². The normalized spacial score (nSPS) is 12.9. The van der Waals surface area contributed by atoms with Crippen LogP contribution < -0.4 is 5.32 Å². The molecule has 4 nitrogen and oxygen atoms in total. The Morgan fingerprint density at radius 2 is 2.38 bits per heavy atom. The Hall–Kier alpha value is -1.20. The summed E-state index contributed by atoms with van der Waals surface area (Å²) >= 11 is 1.80. The van der Waals surface area contributed by atoms with Crippen molar-refractivity contribution < 1.29 is 0 Å². The van der Waals surface area contributed by atoms with Crippen LogP contribution in [0.4, 0.5) is 0 Å². The third-order valence-electron chi connectivity index (χ3n) is 2.54. The predicted molar refractivity (Wildman–Crippen MR) is 65.6 cm³/mol. The number of hydrogen-bond donors (Lipinski definition) is 1. The molecular formula is C11H16N4S. The van der Waals surface area contributed by atoms with Gasteiger partial charge in [0.2, 0.25) is 0 Å². The Balaban J connectivity index is 1.95. The van der Waals surface area contributed by atoms with E-state index in [0.29, 0.717) is 6.04 Å². The van der Waals surface area contributed by atoms with Gasteiger partial charge in [0.1, 0.15) is 0 Å². The van der Waals surface area contributed by atoms with Gasteiger partial charge in [0.25, 0.3) is 0 Å². The van der Waals surface area contributed by atoms with Crippen LogP contribution >= 0.6 is 11.3 Å². The van der Waals surface area contributed by atoms with Gasteiger partial charge in [-0.05, 0) is 24.9 Å². The van der Waals surface area contributed by atoms with Gasteiger partial charge in [0.15, 0.2) is 0 Å². The highest BCUT2D eigenvalue weighted by atomic mass is 32.1. The molecule has 1 atom stereocenters. The summed E-state index contributed by atoms with van der Waals surface area (Å²) in [5.74, 6) is 0. The number of likely N-dealkylation sites (N-methyl/N-ethyl adjacent to an activating group) is 1. The SMILES string of the molecule is CNC(Cc1cn(C)nn1)Cc1cccs1. The van der Waals surface area contributed by atoms with Crippen LogP contribution in [0.5, 0.6) is 0 Å². The van der Waals surface area contributed by atoms with Crippen molar-refractivity contribution in [3.63, 3.8) is 0 Å². The largest absolute Gasteiger partial charge is 0.316 e. The Morgan fingerprint density at radius 3 is 2.94 bits per heavy atom. The summed E-state index contributed by atoms with van der Waals surface area (Å²) < 4.78 is 1.74. The zero-order valence-electron chi connectivity index (χ0n) is 9.55. The molecule has 2 heterocycles. The van der Waals surface area contributed by atoms with Gasteiger partial charge in [0.05, 0.1) is 5.69 Å². The Bertz CT molecular complexity index is 421. The predicted octanol–water partition coefficient (Wildman–Crippen LogP) is 1.25. The summed E-state index contributed by atoms with van der Waals surface area (Å²) in [4.78, 5) is 1.41. The van der Waals surface area contributed by atoms with Gasteiger partial charge >= 0.3 is 0 Å². The molecule has 5 heteroatoms. The van der Waals surface area contributed by atoms with E-state index in [-0.39, 0.29) is 0 Å². The van der Waals surface area contributed by atoms with Crippen LogP contribution in [-0.2, 0) is 19.9 Å². The first kappa shape index (κ1) is 11.3. The lowest BCUT2D eigenvalue weighted by Gasteiger charge is -2.13. The first-order valence-electron chi connectivity index (χ1n) is 5.33. The van der Waals surface area contributed by atoms with Crippen LogP contribution in [0.2, 0.25) is 0 Å². The molecule has 0 amide bonds. The van der Waals surface area contributed by atoms with Crippen LogP contribution in [0, 0.1) is 0 Å². The number of aryl methyl sites for hydroxylation is 1. The molecule has 0 radical (unpaired) electrons. The Kier molecular flexibility index (Phi) is 3.69. The number of hydrogen-bond acceptors (Lipinski definition) is 4. The number of aromatic nitrogens is 3. The van der Waals surface area contributed by atoms with Crippen LogP contribution in [-0.4, -0.2) is 28.1 Å². The molecule has 1 N–H and O–H groups in total. The van der Waals surface area contributed by atoms with Crippen LogP contribution in [0.25, 0.3) is 0 Å². The molecule has 86 valence electrons. The number of nitrogens with one attached hydrogen (secondary N) is 1. The Morgan fingerprint density at radius 1 is 1.50 bits per heavy atom. The second kappa shape index (κ2) is 5.23. The quantitative estimate of drug-likeness (QED) is 0.849. The van der Waals surface area contributed by atoms with Crippen molar-refractivity contribution in [1.82, 2.24) is 20.3 Å². The molecule has 0 aliphatic carbocycles. The maximum absolute atomic E-state index is 4.11. The minimum absolute atomic E-state index is 0.426. The summed E-state index contributed by atoms with van der Waals surface area (Å²) in [5, 5.41) is 13.5. The van der Waals surface area contributed by atoms with Crippen molar-refractivity contribution in [2.75, 3.05) is 7.05 Å². The average molecular weight is 236 g/mol. The number of thiophene rings is 1. The standard InChI is InChI=1S/C11H16N4S/c1-12-9(7-11-4-3-5-16-11)6-10-8-15(2)14-13-10/h3-5,8-9,12H,6-7H2,1-2H3. The fourth-order valence-electron chi connectivity index (χ4n) is 1.69. The molecule has 2 aromatic rings. The van der Waals surface area contributed by atoms with E-state index in [4.69, 9.17) is 0 Å². The molecule has 1 unspecified atom stereocenters. The van der Waals surface area contributed by atoms with Crippen molar-refractivity contribution in [2.45, 2.75) is 18.9 Å².